The smallest absolute Gasteiger partial charge is 0.363 e. The van der Waals surface area contributed by atoms with Gasteiger partial charge in [0, 0.05) is 16.1 Å². The SMILES string of the molecule is COc1c(Br)cc(Cl)cc1/C=C1/N=C(c2ccccc2)OC1=O. The second kappa shape index (κ2) is 6.56. The average molecular weight is 393 g/mol. The Kier molecular flexibility index (Phi) is 4.50. The van der Waals surface area contributed by atoms with Crippen LogP contribution in [0.1, 0.15) is 11.1 Å². The van der Waals surface area contributed by atoms with Crippen LogP contribution in [0.25, 0.3) is 6.08 Å². The van der Waals surface area contributed by atoms with Crippen LogP contribution in [0.4, 0.5) is 0 Å². The maximum Gasteiger partial charge on any atom is 0.363 e. The topological polar surface area (TPSA) is 47.9 Å². The average Bonchev–Trinajstić information content (AvgIpc) is 2.89. The molecule has 0 saturated heterocycles. The van der Waals surface area contributed by atoms with E-state index < -0.39 is 5.97 Å². The lowest BCUT2D eigenvalue weighted by Gasteiger charge is -2.08. The van der Waals surface area contributed by atoms with Crippen LogP contribution in [-0.4, -0.2) is 19.0 Å². The fourth-order valence-electron chi connectivity index (χ4n) is 2.16. The Balaban J connectivity index is 2.03. The van der Waals surface area contributed by atoms with E-state index in [0.717, 1.165) is 5.56 Å². The highest BCUT2D eigenvalue weighted by atomic mass is 79.9. The molecule has 4 nitrogen and oxygen atoms in total. The molecular weight excluding hydrogens is 382 g/mol. The molecule has 0 aliphatic carbocycles. The number of aliphatic imine (C=N–C) groups is 1. The maximum atomic E-state index is 12.0. The van der Waals surface area contributed by atoms with Crippen molar-refractivity contribution in [2.24, 2.45) is 4.99 Å². The third-order valence-electron chi connectivity index (χ3n) is 3.17. The van der Waals surface area contributed by atoms with E-state index in [1.165, 1.54) is 0 Å². The summed E-state index contributed by atoms with van der Waals surface area (Å²) in [4.78, 5) is 16.3. The molecule has 0 N–H and O–H groups in total. The summed E-state index contributed by atoms with van der Waals surface area (Å²) in [6.07, 6.45) is 1.59. The number of methoxy groups -OCH3 is 1. The van der Waals surface area contributed by atoms with E-state index in [0.29, 0.717) is 20.8 Å². The molecule has 0 aromatic heterocycles. The van der Waals surface area contributed by atoms with Gasteiger partial charge in [0.2, 0.25) is 5.90 Å². The monoisotopic (exact) mass is 391 g/mol. The molecule has 6 heteroatoms. The van der Waals surface area contributed by atoms with E-state index in [-0.39, 0.29) is 11.6 Å². The summed E-state index contributed by atoms with van der Waals surface area (Å²) in [7, 11) is 1.54. The van der Waals surface area contributed by atoms with Crippen LogP contribution in [0.3, 0.4) is 0 Å². The molecule has 0 unspecified atom stereocenters. The number of benzene rings is 2. The van der Waals surface area contributed by atoms with Crippen molar-refractivity contribution in [3.05, 3.63) is 68.8 Å². The lowest BCUT2D eigenvalue weighted by Crippen LogP contribution is -2.05. The lowest BCUT2D eigenvalue weighted by atomic mass is 10.1. The minimum Gasteiger partial charge on any atom is -0.495 e. The number of rotatable bonds is 3. The molecule has 0 radical (unpaired) electrons. The second-order valence-electron chi connectivity index (χ2n) is 4.71. The van der Waals surface area contributed by atoms with E-state index in [1.54, 1.807) is 25.3 Å². The van der Waals surface area contributed by atoms with Crippen LogP contribution in [-0.2, 0) is 9.53 Å². The molecule has 1 heterocycles. The molecule has 0 bridgehead atoms. The first kappa shape index (κ1) is 15.8. The van der Waals surface area contributed by atoms with Crippen LogP contribution >= 0.6 is 27.5 Å². The highest BCUT2D eigenvalue weighted by Crippen LogP contribution is 2.34. The van der Waals surface area contributed by atoms with Gasteiger partial charge in [-0.05, 0) is 46.3 Å². The van der Waals surface area contributed by atoms with Crippen LogP contribution in [0.2, 0.25) is 5.02 Å². The molecule has 0 saturated carbocycles. The van der Waals surface area contributed by atoms with Gasteiger partial charge < -0.3 is 9.47 Å². The van der Waals surface area contributed by atoms with Crippen LogP contribution in [0, 0.1) is 0 Å². The second-order valence-corrected chi connectivity index (χ2v) is 6.00. The zero-order valence-corrected chi connectivity index (χ0v) is 14.4. The third kappa shape index (κ3) is 3.30. The summed E-state index contributed by atoms with van der Waals surface area (Å²) in [5.74, 6) is 0.335. The van der Waals surface area contributed by atoms with Gasteiger partial charge in [-0.15, -0.1) is 0 Å². The number of cyclic esters (lactones) is 1. The van der Waals surface area contributed by atoms with Gasteiger partial charge >= 0.3 is 5.97 Å². The minimum absolute atomic E-state index is 0.191. The van der Waals surface area contributed by atoms with E-state index in [2.05, 4.69) is 20.9 Å². The Bertz CT molecular complexity index is 831. The Morgan fingerprint density at radius 2 is 2.00 bits per heavy atom. The molecule has 2 aromatic rings. The maximum absolute atomic E-state index is 12.0. The summed E-state index contributed by atoms with van der Waals surface area (Å²) >= 11 is 9.44. The van der Waals surface area contributed by atoms with Crippen molar-refractivity contribution in [2.45, 2.75) is 0 Å². The molecule has 1 aliphatic heterocycles. The lowest BCUT2D eigenvalue weighted by molar-refractivity contribution is -0.129. The number of hydrogen-bond donors (Lipinski definition) is 0. The standard InChI is InChI=1S/C17H11BrClNO3/c1-22-15-11(7-12(19)9-13(15)18)8-14-17(21)23-16(20-14)10-5-3-2-4-6-10/h2-9H,1H3/b14-8+. The first-order valence-corrected chi connectivity index (χ1v) is 7.86. The zero-order chi connectivity index (χ0) is 16.4. The molecule has 2 aromatic carbocycles. The molecular formula is C17H11BrClNO3. The minimum atomic E-state index is -0.512. The van der Waals surface area contributed by atoms with E-state index in [1.807, 2.05) is 30.3 Å². The zero-order valence-electron chi connectivity index (χ0n) is 12.0. The molecule has 0 atom stereocenters. The van der Waals surface area contributed by atoms with Gasteiger partial charge in [0.05, 0.1) is 11.6 Å². The first-order valence-electron chi connectivity index (χ1n) is 6.69. The van der Waals surface area contributed by atoms with Crippen molar-refractivity contribution in [1.29, 1.82) is 0 Å². The molecule has 0 amide bonds. The molecule has 0 fully saturated rings. The molecule has 3 rings (SSSR count). The van der Waals surface area contributed by atoms with Crippen molar-refractivity contribution in [1.82, 2.24) is 0 Å². The number of carbonyl (C=O) groups is 1. The molecule has 23 heavy (non-hydrogen) atoms. The Morgan fingerprint density at radius 1 is 1.26 bits per heavy atom. The van der Waals surface area contributed by atoms with Gasteiger partial charge in [0.1, 0.15) is 5.75 Å². The number of esters is 1. The first-order chi connectivity index (χ1) is 11.1. The Labute approximate surface area is 146 Å². The summed E-state index contributed by atoms with van der Waals surface area (Å²) in [5, 5.41) is 0.517. The number of nitrogens with zero attached hydrogens (tertiary/aromatic N) is 1. The number of carbonyl (C=O) groups excluding carboxylic acids is 1. The van der Waals surface area contributed by atoms with Crippen LogP contribution in [0.15, 0.2) is 57.6 Å². The van der Waals surface area contributed by atoms with Gasteiger partial charge in [0.15, 0.2) is 5.70 Å². The van der Waals surface area contributed by atoms with Gasteiger partial charge in [0.25, 0.3) is 0 Å². The number of halogens is 2. The van der Waals surface area contributed by atoms with Crippen molar-refractivity contribution in [3.63, 3.8) is 0 Å². The van der Waals surface area contributed by atoms with E-state index in [9.17, 15) is 4.79 Å². The fourth-order valence-corrected chi connectivity index (χ4v) is 3.16. The van der Waals surface area contributed by atoms with Crippen molar-refractivity contribution >= 4 is 45.5 Å². The predicted molar refractivity (Wildman–Crippen MR) is 92.8 cm³/mol. The quantitative estimate of drug-likeness (QED) is 0.572. The molecule has 0 spiro atoms. The largest absolute Gasteiger partial charge is 0.495 e. The van der Waals surface area contributed by atoms with Gasteiger partial charge in [-0.3, -0.25) is 0 Å². The Hall–Kier alpha value is -2.11. The molecule has 1 aliphatic rings. The highest BCUT2D eigenvalue weighted by molar-refractivity contribution is 9.10. The number of ether oxygens (including phenoxy) is 2. The summed E-state index contributed by atoms with van der Waals surface area (Å²) in [5.41, 5.74) is 1.57. The number of hydrogen-bond acceptors (Lipinski definition) is 4. The summed E-state index contributed by atoms with van der Waals surface area (Å²) in [6, 6.07) is 12.6. The van der Waals surface area contributed by atoms with Crippen molar-refractivity contribution in [3.8, 4) is 5.75 Å². The Morgan fingerprint density at radius 3 is 2.70 bits per heavy atom. The fraction of sp³-hybridized carbons (Fsp3) is 0.0588. The van der Waals surface area contributed by atoms with E-state index >= 15 is 0 Å². The van der Waals surface area contributed by atoms with Gasteiger partial charge in [-0.2, -0.15) is 0 Å². The normalized spacial score (nSPS) is 15.5. The van der Waals surface area contributed by atoms with Crippen LogP contribution < -0.4 is 4.74 Å². The summed E-state index contributed by atoms with van der Waals surface area (Å²) in [6.45, 7) is 0. The van der Waals surface area contributed by atoms with Crippen molar-refractivity contribution < 1.29 is 14.3 Å². The molecule has 116 valence electrons. The third-order valence-corrected chi connectivity index (χ3v) is 3.98. The van der Waals surface area contributed by atoms with E-state index in [4.69, 9.17) is 21.1 Å². The van der Waals surface area contributed by atoms with Gasteiger partial charge in [-0.1, -0.05) is 29.8 Å². The van der Waals surface area contributed by atoms with Gasteiger partial charge in [-0.25, -0.2) is 9.79 Å². The van der Waals surface area contributed by atoms with Crippen molar-refractivity contribution in [2.75, 3.05) is 7.11 Å². The highest BCUT2D eigenvalue weighted by Gasteiger charge is 2.24. The predicted octanol–water partition coefficient (Wildman–Crippen LogP) is 4.46. The van der Waals surface area contributed by atoms with Crippen LogP contribution in [0.5, 0.6) is 5.75 Å². The summed E-state index contributed by atoms with van der Waals surface area (Å²) < 4.78 is 11.3.